The van der Waals surface area contributed by atoms with Gasteiger partial charge in [-0.25, -0.2) is 0 Å². The Morgan fingerprint density at radius 2 is 1.92 bits per heavy atom. The lowest BCUT2D eigenvalue weighted by Gasteiger charge is -2.35. The second-order valence-corrected chi connectivity index (χ2v) is 4.64. The molecule has 0 aromatic heterocycles. The molecule has 2 aliphatic rings. The Kier molecular flexibility index (Phi) is 3.23. The molecular weight excluding hydrogens is 162 g/mol. The summed E-state index contributed by atoms with van der Waals surface area (Å²) in [5.74, 6) is 2.26. The molecule has 1 saturated heterocycles. The molecule has 0 radical (unpaired) electrons. The quantitative estimate of drug-likeness (QED) is 0.678. The van der Waals surface area contributed by atoms with Crippen LogP contribution in [0.3, 0.4) is 0 Å². The van der Waals surface area contributed by atoms with Crippen LogP contribution in [0.5, 0.6) is 0 Å². The molecule has 0 bridgehead atoms. The first-order valence-corrected chi connectivity index (χ1v) is 5.73. The summed E-state index contributed by atoms with van der Waals surface area (Å²) in [4.78, 5) is 0. The molecule has 2 unspecified atom stereocenters. The summed E-state index contributed by atoms with van der Waals surface area (Å²) in [6.45, 7) is 2.66. The number of aliphatic hydroxyl groups is 1. The molecule has 2 N–H and O–H groups in total. The number of piperidine rings is 1. The number of hydrogen-bond donors (Lipinski definition) is 2. The fourth-order valence-electron chi connectivity index (χ4n) is 3.10. The van der Waals surface area contributed by atoms with Crippen molar-refractivity contribution in [3.05, 3.63) is 0 Å². The molecule has 1 saturated carbocycles. The summed E-state index contributed by atoms with van der Waals surface area (Å²) in [6.07, 6.45) is 6.82. The standard InChI is InChI=1S/C11H21NO/c13-8-10-5-6-12-7-11(10)9-3-1-2-4-9/h9-13H,1-8H2. The number of hydrogen-bond acceptors (Lipinski definition) is 2. The minimum absolute atomic E-state index is 0.406. The van der Waals surface area contributed by atoms with Gasteiger partial charge in [0.15, 0.2) is 0 Å². The van der Waals surface area contributed by atoms with Crippen molar-refractivity contribution in [3.63, 3.8) is 0 Å². The van der Waals surface area contributed by atoms with Crippen LogP contribution in [0.25, 0.3) is 0 Å². The van der Waals surface area contributed by atoms with E-state index in [2.05, 4.69) is 5.32 Å². The van der Waals surface area contributed by atoms with Gasteiger partial charge >= 0.3 is 0 Å². The van der Waals surface area contributed by atoms with Gasteiger partial charge in [-0.3, -0.25) is 0 Å². The van der Waals surface area contributed by atoms with Crippen LogP contribution in [0.1, 0.15) is 32.1 Å². The summed E-state index contributed by atoms with van der Waals surface area (Å²) in [7, 11) is 0. The molecule has 0 amide bonds. The van der Waals surface area contributed by atoms with Crippen molar-refractivity contribution in [1.29, 1.82) is 0 Å². The number of rotatable bonds is 2. The molecule has 0 aromatic rings. The maximum atomic E-state index is 9.29. The van der Waals surface area contributed by atoms with E-state index in [1.54, 1.807) is 0 Å². The Hall–Kier alpha value is -0.0800. The fourth-order valence-corrected chi connectivity index (χ4v) is 3.10. The summed E-state index contributed by atoms with van der Waals surface area (Å²) in [5.41, 5.74) is 0. The van der Waals surface area contributed by atoms with Crippen LogP contribution < -0.4 is 5.32 Å². The summed E-state index contributed by atoms with van der Waals surface area (Å²) < 4.78 is 0. The van der Waals surface area contributed by atoms with E-state index < -0.39 is 0 Å². The van der Waals surface area contributed by atoms with E-state index in [4.69, 9.17) is 0 Å². The highest BCUT2D eigenvalue weighted by molar-refractivity contribution is 4.85. The van der Waals surface area contributed by atoms with Gasteiger partial charge in [0.25, 0.3) is 0 Å². The summed E-state index contributed by atoms with van der Waals surface area (Å²) in [5, 5.41) is 12.8. The van der Waals surface area contributed by atoms with E-state index in [9.17, 15) is 5.11 Å². The Morgan fingerprint density at radius 1 is 1.15 bits per heavy atom. The van der Waals surface area contributed by atoms with E-state index in [1.807, 2.05) is 0 Å². The molecule has 1 aliphatic carbocycles. The lowest BCUT2D eigenvalue weighted by atomic mass is 9.77. The number of aliphatic hydroxyl groups excluding tert-OH is 1. The highest BCUT2D eigenvalue weighted by atomic mass is 16.3. The Balaban J connectivity index is 1.93. The topological polar surface area (TPSA) is 32.3 Å². The maximum Gasteiger partial charge on any atom is 0.0462 e. The van der Waals surface area contributed by atoms with Gasteiger partial charge in [-0.2, -0.15) is 0 Å². The zero-order chi connectivity index (χ0) is 9.10. The molecule has 1 aliphatic heterocycles. The van der Waals surface area contributed by atoms with Crippen molar-refractivity contribution in [3.8, 4) is 0 Å². The van der Waals surface area contributed by atoms with Crippen LogP contribution in [-0.4, -0.2) is 24.8 Å². The lowest BCUT2D eigenvalue weighted by molar-refractivity contribution is 0.107. The fraction of sp³-hybridized carbons (Fsp3) is 1.00. The Morgan fingerprint density at radius 3 is 2.62 bits per heavy atom. The van der Waals surface area contributed by atoms with E-state index >= 15 is 0 Å². The van der Waals surface area contributed by atoms with E-state index in [0.29, 0.717) is 12.5 Å². The first-order chi connectivity index (χ1) is 6.42. The molecular formula is C11H21NO. The van der Waals surface area contributed by atoms with Crippen molar-refractivity contribution in [2.24, 2.45) is 17.8 Å². The SMILES string of the molecule is OCC1CCNCC1C1CCCC1. The van der Waals surface area contributed by atoms with Gasteiger partial charge in [-0.15, -0.1) is 0 Å². The van der Waals surface area contributed by atoms with Crippen molar-refractivity contribution in [1.82, 2.24) is 5.32 Å². The van der Waals surface area contributed by atoms with Gasteiger partial charge in [-0.05, 0) is 37.3 Å². The third kappa shape index (κ3) is 2.05. The lowest BCUT2D eigenvalue weighted by Crippen LogP contribution is -2.41. The average Bonchev–Trinajstić information content (AvgIpc) is 2.70. The Bertz CT molecular complexity index is 152. The molecule has 0 aromatic carbocycles. The summed E-state index contributed by atoms with van der Waals surface area (Å²) >= 11 is 0. The predicted molar refractivity (Wildman–Crippen MR) is 53.5 cm³/mol. The molecule has 2 nitrogen and oxygen atoms in total. The van der Waals surface area contributed by atoms with Gasteiger partial charge in [0.1, 0.15) is 0 Å². The second-order valence-electron chi connectivity index (χ2n) is 4.64. The third-order valence-electron chi connectivity index (χ3n) is 3.92. The van der Waals surface area contributed by atoms with Gasteiger partial charge < -0.3 is 10.4 Å². The van der Waals surface area contributed by atoms with E-state index in [-0.39, 0.29) is 0 Å². The predicted octanol–water partition coefficient (Wildman–Crippen LogP) is 1.39. The normalized spacial score (nSPS) is 36.7. The highest BCUT2D eigenvalue weighted by Crippen LogP contribution is 2.37. The van der Waals surface area contributed by atoms with Gasteiger partial charge in [0.05, 0.1) is 0 Å². The molecule has 2 atom stereocenters. The van der Waals surface area contributed by atoms with Gasteiger partial charge in [0, 0.05) is 6.61 Å². The van der Waals surface area contributed by atoms with Crippen LogP contribution in [0.2, 0.25) is 0 Å². The zero-order valence-electron chi connectivity index (χ0n) is 8.34. The van der Waals surface area contributed by atoms with Crippen LogP contribution >= 0.6 is 0 Å². The van der Waals surface area contributed by atoms with Crippen LogP contribution in [-0.2, 0) is 0 Å². The average molecular weight is 183 g/mol. The first kappa shape index (κ1) is 9.47. The van der Waals surface area contributed by atoms with E-state index in [0.717, 1.165) is 24.9 Å². The maximum absolute atomic E-state index is 9.29. The molecule has 0 spiro atoms. The van der Waals surface area contributed by atoms with Crippen LogP contribution in [0.4, 0.5) is 0 Å². The molecule has 13 heavy (non-hydrogen) atoms. The molecule has 2 rings (SSSR count). The highest BCUT2D eigenvalue weighted by Gasteiger charge is 2.32. The van der Waals surface area contributed by atoms with E-state index in [1.165, 1.54) is 32.1 Å². The minimum Gasteiger partial charge on any atom is -0.396 e. The number of nitrogens with one attached hydrogen (secondary N) is 1. The third-order valence-corrected chi connectivity index (χ3v) is 3.92. The van der Waals surface area contributed by atoms with Gasteiger partial charge in [0.2, 0.25) is 0 Å². The molecule has 1 heterocycles. The van der Waals surface area contributed by atoms with Crippen molar-refractivity contribution < 1.29 is 5.11 Å². The Labute approximate surface area is 80.7 Å². The zero-order valence-corrected chi connectivity index (χ0v) is 8.34. The van der Waals surface area contributed by atoms with Crippen LogP contribution in [0, 0.1) is 17.8 Å². The smallest absolute Gasteiger partial charge is 0.0462 e. The molecule has 2 fully saturated rings. The van der Waals surface area contributed by atoms with Gasteiger partial charge in [-0.1, -0.05) is 25.7 Å². The first-order valence-electron chi connectivity index (χ1n) is 5.73. The van der Waals surface area contributed by atoms with Crippen molar-refractivity contribution >= 4 is 0 Å². The molecule has 2 heteroatoms. The monoisotopic (exact) mass is 183 g/mol. The largest absolute Gasteiger partial charge is 0.396 e. The molecule has 76 valence electrons. The minimum atomic E-state index is 0.406. The van der Waals surface area contributed by atoms with Crippen molar-refractivity contribution in [2.45, 2.75) is 32.1 Å². The van der Waals surface area contributed by atoms with Crippen LogP contribution in [0.15, 0.2) is 0 Å². The summed E-state index contributed by atoms with van der Waals surface area (Å²) in [6, 6.07) is 0. The van der Waals surface area contributed by atoms with Crippen molar-refractivity contribution in [2.75, 3.05) is 19.7 Å². The second kappa shape index (κ2) is 4.43.